The summed E-state index contributed by atoms with van der Waals surface area (Å²) in [5.41, 5.74) is 2.41. The first kappa shape index (κ1) is 19.7. The maximum atomic E-state index is 11.9. The van der Waals surface area contributed by atoms with E-state index >= 15 is 0 Å². The number of alkyl carbamates (subject to hydrolysis) is 1. The summed E-state index contributed by atoms with van der Waals surface area (Å²) in [5.74, 6) is 1.22. The molecule has 1 amide bonds. The molecular weight excluding hydrogens is 406 g/mol. The van der Waals surface area contributed by atoms with Gasteiger partial charge in [0.2, 0.25) is 0 Å². The number of nitrogens with one attached hydrogen (secondary N) is 3. The Morgan fingerprint density at radius 2 is 2.26 bits per heavy atom. The van der Waals surface area contributed by atoms with Crippen molar-refractivity contribution in [1.29, 1.82) is 0 Å². The molecule has 2 aliphatic rings. The van der Waals surface area contributed by atoms with Gasteiger partial charge in [-0.3, -0.25) is 5.10 Å². The Balaban J connectivity index is 1.21. The third-order valence-electron chi connectivity index (χ3n) is 5.12. The number of carbonyl (C=O) groups excluding carboxylic acids is 1. The van der Waals surface area contributed by atoms with Crippen molar-refractivity contribution in [3.05, 3.63) is 35.9 Å². The minimum atomic E-state index is -0.442. The van der Waals surface area contributed by atoms with Gasteiger partial charge in [-0.1, -0.05) is 0 Å². The number of amides is 1. The van der Waals surface area contributed by atoms with Crippen LogP contribution < -0.4 is 10.6 Å². The molecule has 2 unspecified atom stereocenters. The minimum absolute atomic E-state index is 0.0336. The second-order valence-corrected chi connectivity index (χ2v) is 7.47. The SMILES string of the molecule is COCc1cc2c(Nc3cc(C4CC(OC(=O)NC5COC5)CO4)[nH]n3)nccn2n1. The Morgan fingerprint density at radius 3 is 3.06 bits per heavy atom. The summed E-state index contributed by atoms with van der Waals surface area (Å²) in [6, 6.07) is 3.80. The summed E-state index contributed by atoms with van der Waals surface area (Å²) in [6.45, 7) is 1.80. The molecule has 0 bridgehead atoms. The van der Waals surface area contributed by atoms with E-state index in [-0.39, 0.29) is 18.2 Å². The van der Waals surface area contributed by atoms with E-state index in [4.69, 9.17) is 18.9 Å². The number of anilines is 2. The third kappa shape index (κ3) is 4.31. The van der Waals surface area contributed by atoms with Crippen LogP contribution in [0.2, 0.25) is 0 Å². The molecule has 5 heterocycles. The second kappa shape index (κ2) is 8.49. The van der Waals surface area contributed by atoms with Crippen molar-refractivity contribution in [2.45, 2.75) is 31.3 Å². The zero-order valence-corrected chi connectivity index (χ0v) is 16.9. The number of hydrogen-bond donors (Lipinski definition) is 3. The first-order valence-corrected chi connectivity index (χ1v) is 9.99. The summed E-state index contributed by atoms with van der Waals surface area (Å²) >= 11 is 0. The fraction of sp³-hybridized carbons (Fsp3) is 0.474. The monoisotopic (exact) mass is 429 g/mol. The van der Waals surface area contributed by atoms with E-state index in [0.717, 1.165) is 16.9 Å². The van der Waals surface area contributed by atoms with Gasteiger partial charge in [-0.05, 0) is 6.07 Å². The Kier molecular flexibility index (Phi) is 5.40. The molecule has 2 saturated heterocycles. The number of rotatable bonds is 7. The molecule has 0 aromatic carbocycles. The molecule has 3 aromatic heterocycles. The predicted octanol–water partition coefficient (Wildman–Crippen LogP) is 1.30. The first-order valence-electron chi connectivity index (χ1n) is 9.99. The van der Waals surface area contributed by atoms with Crippen LogP contribution in [0.3, 0.4) is 0 Å². The number of H-pyrrole nitrogens is 1. The molecule has 164 valence electrons. The third-order valence-corrected chi connectivity index (χ3v) is 5.12. The van der Waals surface area contributed by atoms with Crippen molar-refractivity contribution in [3.8, 4) is 0 Å². The van der Waals surface area contributed by atoms with Crippen molar-refractivity contribution in [3.63, 3.8) is 0 Å². The number of aromatic nitrogens is 5. The Morgan fingerprint density at radius 1 is 1.35 bits per heavy atom. The molecule has 12 nitrogen and oxygen atoms in total. The molecule has 3 N–H and O–H groups in total. The van der Waals surface area contributed by atoms with Gasteiger partial charge in [0.25, 0.3) is 0 Å². The molecule has 0 saturated carbocycles. The highest BCUT2D eigenvalue weighted by molar-refractivity contribution is 5.72. The van der Waals surface area contributed by atoms with Crippen LogP contribution in [0, 0.1) is 0 Å². The van der Waals surface area contributed by atoms with Gasteiger partial charge in [-0.25, -0.2) is 14.3 Å². The zero-order chi connectivity index (χ0) is 21.2. The van der Waals surface area contributed by atoms with Crippen LogP contribution in [0.1, 0.15) is 23.9 Å². The van der Waals surface area contributed by atoms with Crippen LogP contribution >= 0.6 is 0 Å². The van der Waals surface area contributed by atoms with Gasteiger partial charge in [0.1, 0.15) is 17.7 Å². The van der Waals surface area contributed by atoms with Gasteiger partial charge in [0, 0.05) is 32.0 Å². The summed E-state index contributed by atoms with van der Waals surface area (Å²) in [4.78, 5) is 16.3. The van der Waals surface area contributed by atoms with Gasteiger partial charge in [-0.15, -0.1) is 0 Å². The lowest BCUT2D eigenvalue weighted by atomic mass is 10.1. The quantitative estimate of drug-likeness (QED) is 0.507. The van der Waals surface area contributed by atoms with Crippen LogP contribution in [0.25, 0.3) is 5.52 Å². The van der Waals surface area contributed by atoms with Crippen LogP contribution in [0.5, 0.6) is 0 Å². The summed E-state index contributed by atoms with van der Waals surface area (Å²) in [6.07, 6.45) is 2.99. The lowest BCUT2D eigenvalue weighted by molar-refractivity contribution is -0.00900. The number of hydrogen-bond acceptors (Lipinski definition) is 9. The average molecular weight is 429 g/mol. The maximum Gasteiger partial charge on any atom is 0.407 e. The van der Waals surface area contributed by atoms with Crippen molar-refractivity contribution < 1.29 is 23.7 Å². The smallest absolute Gasteiger partial charge is 0.407 e. The van der Waals surface area contributed by atoms with E-state index in [0.29, 0.717) is 44.5 Å². The van der Waals surface area contributed by atoms with Crippen LogP contribution in [-0.4, -0.2) is 70.0 Å². The van der Waals surface area contributed by atoms with Crippen molar-refractivity contribution in [2.24, 2.45) is 0 Å². The number of carbonyl (C=O) groups is 1. The van der Waals surface area contributed by atoms with Crippen molar-refractivity contribution >= 4 is 23.2 Å². The molecule has 0 radical (unpaired) electrons. The van der Waals surface area contributed by atoms with E-state index in [9.17, 15) is 4.79 Å². The highest BCUT2D eigenvalue weighted by atomic mass is 16.6. The fourth-order valence-corrected chi connectivity index (χ4v) is 3.54. The Hall–Kier alpha value is -3.22. The molecular formula is C19H23N7O5. The second-order valence-electron chi connectivity index (χ2n) is 7.47. The number of nitrogens with zero attached hydrogens (tertiary/aromatic N) is 4. The number of fused-ring (bicyclic) bond motifs is 1. The topological polar surface area (TPSA) is 137 Å². The molecule has 12 heteroatoms. The van der Waals surface area contributed by atoms with E-state index in [1.807, 2.05) is 12.1 Å². The Labute approximate surface area is 177 Å². The lowest BCUT2D eigenvalue weighted by Gasteiger charge is -2.26. The largest absolute Gasteiger partial charge is 0.444 e. The maximum absolute atomic E-state index is 11.9. The normalized spacial score (nSPS) is 21.2. The van der Waals surface area contributed by atoms with Gasteiger partial charge < -0.3 is 29.6 Å². The zero-order valence-electron chi connectivity index (χ0n) is 16.9. The number of ether oxygens (including phenoxy) is 4. The lowest BCUT2D eigenvalue weighted by Crippen LogP contribution is -2.49. The molecule has 2 atom stereocenters. The van der Waals surface area contributed by atoms with Crippen molar-refractivity contribution in [2.75, 3.05) is 32.2 Å². The Bertz CT molecular complexity index is 1060. The summed E-state index contributed by atoms with van der Waals surface area (Å²) in [5, 5.41) is 17.7. The van der Waals surface area contributed by atoms with Gasteiger partial charge in [0.15, 0.2) is 11.6 Å². The molecule has 3 aromatic rings. The van der Waals surface area contributed by atoms with E-state index in [1.54, 1.807) is 24.0 Å². The van der Waals surface area contributed by atoms with Gasteiger partial charge in [0.05, 0.1) is 43.9 Å². The van der Waals surface area contributed by atoms with Gasteiger partial charge in [-0.2, -0.15) is 10.2 Å². The van der Waals surface area contributed by atoms with Crippen LogP contribution in [0.4, 0.5) is 16.4 Å². The number of aromatic amines is 1. The number of methoxy groups -OCH3 is 1. The van der Waals surface area contributed by atoms with E-state index in [2.05, 4.69) is 30.9 Å². The predicted molar refractivity (Wildman–Crippen MR) is 107 cm³/mol. The van der Waals surface area contributed by atoms with E-state index in [1.165, 1.54) is 0 Å². The summed E-state index contributed by atoms with van der Waals surface area (Å²) in [7, 11) is 1.63. The standard InChI is InChI=1S/C19H23N7O5/c1-28-7-11-4-15-18(20-2-3-26(15)25-11)22-17-6-14(23-24-17)16-5-13(10-30-16)31-19(27)21-12-8-29-9-12/h2-4,6,12-13,16H,5,7-10H2,1H3,(H,21,27)(H2,20,22,23,24). The molecule has 5 rings (SSSR count). The van der Waals surface area contributed by atoms with Crippen LogP contribution in [0.15, 0.2) is 24.5 Å². The molecule has 31 heavy (non-hydrogen) atoms. The molecule has 2 fully saturated rings. The first-order chi connectivity index (χ1) is 15.2. The van der Waals surface area contributed by atoms with Gasteiger partial charge >= 0.3 is 6.09 Å². The van der Waals surface area contributed by atoms with Crippen LogP contribution in [-0.2, 0) is 25.6 Å². The highest BCUT2D eigenvalue weighted by Gasteiger charge is 2.32. The fourth-order valence-electron chi connectivity index (χ4n) is 3.54. The van der Waals surface area contributed by atoms with Crippen molar-refractivity contribution in [1.82, 2.24) is 30.1 Å². The average Bonchev–Trinajstić information content (AvgIpc) is 3.45. The summed E-state index contributed by atoms with van der Waals surface area (Å²) < 4.78 is 23.1. The molecule has 0 aliphatic carbocycles. The molecule has 2 aliphatic heterocycles. The minimum Gasteiger partial charge on any atom is -0.444 e. The van der Waals surface area contributed by atoms with E-state index < -0.39 is 6.09 Å². The highest BCUT2D eigenvalue weighted by Crippen LogP contribution is 2.31. The molecule has 0 spiro atoms.